The first-order valence-electron chi connectivity index (χ1n) is 6.51. The fourth-order valence-electron chi connectivity index (χ4n) is 1.77. The zero-order chi connectivity index (χ0) is 15.2. The number of aliphatic hydroxyl groups excluding tert-OH is 1. The Hall–Kier alpha value is -2.05. The van der Waals surface area contributed by atoms with Crippen LogP contribution in [0.3, 0.4) is 0 Å². The third-order valence-corrected chi connectivity index (χ3v) is 4.15. The monoisotopic (exact) mass is 303 g/mol. The fourth-order valence-corrected chi connectivity index (χ4v) is 2.57. The Kier molecular flexibility index (Phi) is 5.19. The van der Waals surface area contributed by atoms with Gasteiger partial charge in [-0.15, -0.1) is 11.3 Å². The summed E-state index contributed by atoms with van der Waals surface area (Å²) in [5, 5.41) is 10.9. The van der Waals surface area contributed by atoms with E-state index in [2.05, 4.69) is 9.97 Å². The molecular formula is C15H17N3O2S. The van der Waals surface area contributed by atoms with Gasteiger partial charge in [-0.05, 0) is 36.1 Å². The minimum Gasteiger partial charge on any atom is -0.392 e. The number of amides is 1. The molecule has 110 valence electrons. The van der Waals surface area contributed by atoms with Crippen LogP contribution in [0.4, 0.5) is 0 Å². The Morgan fingerprint density at radius 3 is 3.00 bits per heavy atom. The summed E-state index contributed by atoms with van der Waals surface area (Å²) in [6.07, 6.45) is 6.43. The molecule has 0 aliphatic carbocycles. The number of likely N-dealkylation sites (N-methyl/N-ethyl adjacent to an activating group) is 1. The first-order valence-corrected chi connectivity index (χ1v) is 7.39. The lowest BCUT2D eigenvalue weighted by Gasteiger charge is -2.22. The Bertz CT molecular complexity index is 625. The minimum absolute atomic E-state index is 0.0168. The molecule has 0 radical (unpaired) electrons. The van der Waals surface area contributed by atoms with Gasteiger partial charge in [0.2, 0.25) is 5.91 Å². The maximum absolute atomic E-state index is 12.2. The highest BCUT2D eigenvalue weighted by Crippen LogP contribution is 2.18. The lowest BCUT2D eigenvalue weighted by molar-refractivity contribution is -0.126. The van der Waals surface area contributed by atoms with Crippen LogP contribution in [0.5, 0.6) is 0 Å². The number of hydrogen-bond donors (Lipinski definition) is 1. The van der Waals surface area contributed by atoms with Crippen molar-refractivity contribution < 1.29 is 9.90 Å². The van der Waals surface area contributed by atoms with Gasteiger partial charge >= 0.3 is 0 Å². The van der Waals surface area contributed by atoms with Crippen molar-refractivity contribution in [3.8, 4) is 0 Å². The molecular weight excluding hydrogens is 286 g/mol. The SMILES string of the molecule is CC(c1ccncn1)N(C)C(=O)C=Cc1cc(CO)cs1. The smallest absolute Gasteiger partial charge is 0.246 e. The van der Waals surface area contributed by atoms with Crippen LogP contribution in [-0.4, -0.2) is 32.9 Å². The van der Waals surface area contributed by atoms with E-state index in [-0.39, 0.29) is 18.6 Å². The van der Waals surface area contributed by atoms with Gasteiger partial charge in [-0.3, -0.25) is 4.79 Å². The van der Waals surface area contributed by atoms with Crippen molar-refractivity contribution in [2.75, 3.05) is 7.05 Å². The van der Waals surface area contributed by atoms with Crippen LogP contribution in [0.25, 0.3) is 6.08 Å². The number of hydrogen-bond acceptors (Lipinski definition) is 5. The maximum atomic E-state index is 12.2. The fraction of sp³-hybridized carbons (Fsp3) is 0.267. The predicted molar refractivity (Wildman–Crippen MR) is 82.5 cm³/mol. The second-order valence-corrected chi connectivity index (χ2v) is 5.55. The summed E-state index contributed by atoms with van der Waals surface area (Å²) in [6.45, 7) is 1.94. The van der Waals surface area contributed by atoms with E-state index in [1.165, 1.54) is 23.7 Å². The molecule has 0 fully saturated rings. The second-order valence-electron chi connectivity index (χ2n) is 4.61. The Balaban J connectivity index is 2.02. The molecule has 6 heteroatoms. The average Bonchev–Trinajstić information content (AvgIpc) is 3.00. The predicted octanol–water partition coefficient (Wildman–Crippen LogP) is 2.26. The number of nitrogens with zero attached hydrogens (tertiary/aromatic N) is 3. The van der Waals surface area contributed by atoms with Crippen LogP contribution in [0.15, 0.2) is 36.1 Å². The minimum atomic E-state index is -0.124. The summed E-state index contributed by atoms with van der Waals surface area (Å²) in [6, 6.07) is 3.54. The first-order chi connectivity index (χ1) is 10.1. The van der Waals surface area contributed by atoms with Crippen molar-refractivity contribution in [1.29, 1.82) is 0 Å². The van der Waals surface area contributed by atoms with E-state index in [4.69, 9.17) is 5.11 Å². The van der Waals surface area contributed by atoms with Gasteiger partial charge in [0.15, 0.2) is 0 Å². The molecule has 0 bridgehead atoms. The van der Waals surface area contributed by atoms with Crippen LogP contribution in [0.1, 0.15) is 29.1 Å². The van der Waals surface area contributed by atoms with Gasteiger partial charge in [0.1, 0.15) is 6.33 Å². The van der Waals surface area contributed by atoms with E-state index < -0.39 is 0 Å². The summed E-state index contributed by atoms with van der Waals surface area (Å²) in [7, 11) is 1.74. The largest absolute Gasteiger partial charge is 0.392 e. The van der Waals surface area contributed by atoms with Crippen molar-refractivity contribution >= 4 is 23.3 Å². The van der Waals surface area contributed by atoms with E-state index in [1.807, 2.05) is 18.4 Å². The number of carbonyl (C=O) groups is 1. The van der Waals surface area contributed by atoms with Crippen molar-refractivity contribution in [3.63, 3.8) is 0 Å². The maximum Gasteiger partial charge on any atom is 0.246 e. The number of thiophene rings is 1. The van der Waals surface area contributed by atoms with E-state index in [0.29, 0.717) is 0 Å². The third kappa shape index (κ3) is 3.96. The molecule has 2 rings (SSSR count). The summed E-state index contributed by atoms with van der Waals surface area (Å²) >= 11 is 1.49. The van der Waals surface area contributed by atoms with Crippen molar-refractivity contribution in [3.05, 3.63) is 52.2 Å². The first kappa shape index (κ1) is 15.3. The molecule has 1 unspecified atom stereocenters. The van der Waals surface area contributed by atoms with E-state index >= 15 is 0 Å². The molecule has 1 amide bonds. The summed E-state index contributed by atoms with van der Waals surface area (Å²) in [5.41, 5.74) is 1.66. The summed E-state index contributed by atoms with van der Waals surface area (Å²) < 4.78 is 0. The zero-order valence-electron chi connectivity index (χ0n) is 11.9. The molecule has 2 aromatic heterocycles. The van der Waals surface area contributed by atoms with E-state index in [1.54, 1.807) is 30.3 Å². The van der Waals surface area contributed by atoms with Crippen LogP contribution < -0.4 is 0 Å². The highest BCUT2D eigenvalue weighted by atomic mass is 32.1. The molecule has 2 aromatic rings. The lowest BCUT2D eigenvalue weighted by Crippen LogP contribution is -2.28. The topological polar surface area (TPSA) is 66.3 Å². The second kappa shape index (κ2) is 7.10. The molecule has 0 aliphatic heterocycles. The molecule has 0 aliphatic rings. The highest BCUT2D eigenvalue weighted by molar-refractivity contribution is 7.11. The van der Waals surface area contributed by atoms with Crippen LogP contribution >= 0.6 is 11.3 Å². The van der Waals surface area contributed by atoms with Crippen molar-refractivity contribution in [2.24, 2.45) is 0 Å². The molecule has 0 spiro atoms. The molecule has 21 heavy (non-hydrogen) atoms. The lowest BCUT2D eigenvalue weighted by atomic mass is 10.2. The quantitative estimate of drug-likeness (QED) is 0.860. The van der Waals surface area contributed by atoms with Crippen LogP contribution in [0.2, 0.25) is 0 Å². The van der Waals surface area contributed by atoms with Gasteiger partial charge in [-0.1, -0.05) is 0 Å². The molecule has 1 atom stereocenters. The highest BCUT2D eigenvalue weighted by Gasteiger charge is 2.16. The van der Waals surface area contributed by atoms with Gasteiger partial charge in [-0.2, -0.15) is 0 Å². The number of carbonyl (C=O) groups excluding carboxylic acids is 1. The normalized spacial score (nSPS) is 12.5. The van der Waals surface area contributed by atoms with Crippen LogP contribution in [-0.2, 0) is 11.4 Å². The van der Waals surface area contributed by atoms with Gasteiger partial charge < -0.3 is 10.0 Å². The zero-order valence-corrected chi connectivity index (χ0v) is 12.7. The van der Waals surface area contributed by atoms with E-state index in [9.17, 15) is 4.79 Å². The van der Waals surface area contributed by atoms with Gasteiger partial charge in [0.25, 0.3) is 0 Å². The standard InChI is InChI=1S/C15H17N3O2S/c1-11(14-5-6-16-10-17-14)18(2)15(20)4-3-13-7-12(8-19)9-21-13/h3-7,9-11,19H,8H2,1-2H3. The van der Waals surface area contributed by atoms with Crippen molar-refractivity contribution in [1.82, 2.24) is 14.9 Å². The Morgan fingerprint density at radius 1 is 1.57 bits per heavy atom. The summed E-state index contributed by atoms with van der Waals surface area (Å²) in [5.74, 6) is -0.0972. The van der Waals surface area contributed by atoms with E-state index in [0.717, 1.165) is 16.1 Å². The number of aromatic nitrogens is 2. The van der Waals surface area contributed by atoms with Gasteiger partial charge in [0, 0.05) is 24.2 Å². The van der Waals surface area contributed by atoms with Gasteiger partial charge in [-0.25, -0.2) is 9.97 Å². The average molecular weight is 303 g/mol. The Labute approximate surface area is 127 Å². The number of rotatable bonds is 5. The Morgan fingerprint density at radius 2 is 2.38 bits per heavy atom. The molecule has 1 N–H and O–H groups in total. The van der Waals surface area contributed by atoms with Crippen LogP contribution in [0, 0.1) is 0 Å². The number of aliphatic hydroxyl groups is 1. The van der Waals surface area contributed by atoms with Gasteiger partial charge in [0.05, 0.1) is 18.3 Å². The molecule has 0 saturated carbocycles. The summed E-state index contributed by atoms with van der Waals surface area (Å²) in [4.78, 5) is 22.8. The molecule has 0 saturated heterocycles. The molecule has 0 aromatic carbocycles. The molecule has 2 heterocycles. The molecule has 5 nitrogen and oxygen atoms in total. The third-order valence-electron chi connectivity index (χ3n) is 3.21. The van der Waals surface area contributed by atoms with Crippen molar-refractivity contribution in [2.45, 2.75) is 19.6 Å².